The van der Waals surface area contributed by atoms with Gasteiger partial charge in [-0.25, -0.2) is 4.79 Å². The maximum absolute atomic E-state index is 11.6. The van der Waals surface area contributed by atoms with Crippen molar-refractivity contribution in [3.63, 3.8) is 0 Å². The van der Waals surface area contributed by atoms with Crippen molar-refractivity contribution in [3.05, 3.63) is 28.2 Å². The van der Waals surface area contributed by atoms with E-state index in [4.69, 9.17) is 4.74 Å². The lowest BCUT2D eigenvalue weighted by Crippen LogP contribution is -2.46. The van der Waals surface area contributed by atoms with Crippen LogP contribution in [0.5, 0.6) is 5.75 Å². The summed E-state index contributed by atoms with van der Waals surface area (Å²) in [5, 5.41) is 5.65. The Balaban J connectivity index is 2.63. The molecule has 100 valence electrons. The summed E-state index contributed by atoms with van der Waals surface area (Å²) in [5.74, 6) is 0.759. The summed E-state index contributed by atoms with van der Waals surface area (Å²) < 4.78 is 6.20. The van der Waals surface area contributed by atoms with Crippen LogP contribution in [0.4, 0.5) is 4.79 Å². The molecule has 0 bridgehead atoms. The first-order chi connectivity index (χ1) is 8.31. The number of benzene rings is 1. The van der Waals surface area contributed by atoms with Gasteiger partial charge in [-0.3, -0.25) is 0 Å². The molecule has 4 nitrogen and oxygen atoms in total. The minimum Gasteiger partial charge on any atom is -0.496 e. The molecule has 0 aromatic heterocycles. The van der Waals surface area contributed by atoms with E-state index in [2.05, 4.69) is 26.6 Å². The van der Waals surface area contributed by atoms with E-state index >= 15 is 0 Å². The smallest absolute Gasteiger partial charge is 0.315 e. The van der Waals surface area contributed by atoms with Crippen molar-refractivity contribution >= 4 is 22.0 Å². The third-order valence-corrected chi connectivity index (χ3v) is 2.66. The average Bonchev–Trinajstić information content (AvgIpc) is 2.24. The van der Waals surface area contributed by atoms with Gasteiger partial charge in [0.2, 0.25) is 0 Å². The van der Waals surface area contributed by atoms with Crippen molar-refractivity contribution in [1.82, 2.24) is 10.6 Å². The first-order valence-electron chi connectivity index (χ1n) is 5.70. The third-order valence-electron chi connectivity index (χ3n) is 2.17. The first kappa shape index (κ1) is 14.8. The SMILES string of the molecule is COc1ccc(Br)cc1CNC(=O)NC(C)(C)C. The molecule has 18 heavy (non-hydrogen) atoms. The standard InChI is InChI=1S/C13H19BrN2O2/c1-13(2,3)16-12(17)15-8-9-7-10(14)5-6-11(9)18-4/h5-7H,8H2,1-4H3,(H2,15,16,17). The Kier molecular flexibility index (Phi) is 5.02. The Labute approximate surface area is 116 Å². The van der Waals surface area contributed by atoms with Crippen LogP contribution in [0.2, 0.25) is 0 Å². The Hall–Kier alpha value is -1.23. The Morgan fingerprint density at radius 1 is 1.39 bits per heavy atom. The van der Waals surface area contributed by atoms with Crippen LogP contribution in [0.25, 0.3) is 0 Å². The maximum atomic E-state index is 11.6. The van der Waals surface area contributed by atoms with Crippen molar-refractivity contribution in [3.8, 4) is 5.75 Å². The molecular formula is C13H19BrN2O2. The van der Waals surface area contributed by atoms with Crippen LogP contribution in [-0.2, 0) is 6.54 Å². The quantitative estimate of drug-likeness (QED) is 0.901. The fourth-order valence-corrected chi connectivity index (χ4v) is 1.85. The summed E-state index contributed by atoms with van der Waals surface area (Å²) in [6.07, 6.45) is 0. The lowest BCUT2D eigenvalue weighted by Gasteiger charge is -2.21. The molecule has 0 aliphatic rings. The Morgan fingerprint density at radius 2 is 2.06 bits per heavy atom. The molecule has 1 rings (SSSR count). The molecule has 0 aliphatic carbocycles. The Bertz CT molecular complexity index is 427. The number of hydrogen-bond donors (Lipinski definition) is 2. The van der Waals surface area contributed by atoms with Crippen molar-refractivity contribution in [2.45, 2.75) is 32.9 Å². The molecule has 1 aromatic rings. The zero-order chi connectivity index (χ0) is 13.8. The van der Waals surface area contributed by atoms with Gasteiger partial charge < -0.3 is 15.4 Å². The fraction of sp³-hybridized carbons (Fsp3) is 0.462. The lowest BCUT2D eigenvalue weighted by molar-refractivity contribution is 0.231. The minimum atomic E-state index is -0.245. The third kappa shape index (κ3) is 4.96. The molecule has 2 N–H and O–H groups in total. The first-order valence-corrected chi connectivity index (χ1v) is 6.49. The highest BCUT2D eigenvalue weighted by atomic mass is 79.9. The molecular weight excluding hydrogens is 296 g/mol. The number of methoxy groups -OCH3 is 1. The van der Waals surface area contributed by atoms with Gasteiger partial charge in [-0.05, 0) is 39.0 Å². The zero-order valence-electron chi connectivity index (χ0n) is 11.1. The second-order valence-corrected chi connectivity index (χ2v) is 5.93. The van der Waals surface area contributed by atoms with E-state index in [1.54, 1.807) is 7.11 Å². The number of nitrogens with one attached hydrogen (secondary N) is 2. The van der Waals surface area contributed by atoms with Crippen LogP contribution < -0.4 is 15.4 Å². The molecule has 0 spiro atoms. The van der Waals surface area contributed by atoms with Gasteiger partial charge in [-0.15, -0.1) is 0 Å². The summed E-state index contributed by atoms with van der Waals surface area (Å²) in [6.45, 7) is 6.23. The maximum Gasteiger partial charge on any atom is 0.315 e. The van der Waals surface area contributed by atoms with Crippen molar-refractivity contribution < 1.29 is 9.53 Å². The molecule has 0 saturated heterocycles. The van der Waals surface area contributed by atoms with Crippen molar-refractivity contribution in [2.75, 3.05) is 7.11 Å². The molecule has 0 atom stereocenters. The number of halogens is 1. The predicted octanol–water partition coefficient (Wildman–Crippen LogP) is 3.06. The zero-order valence-corrected chi connectivity index (χ0v) is 12.7. The summed E-state index contributed by atoms with van der Waals surface area (Å²) >= 11 is 3.40. The van der Waals surface area contributed by atoms with Crippen molar-refractivity contribution in [2.24, 2.45) is 0 Å². The van der Waals surface area contributed by atoms with Gasteiger partial charge in [0.05, 0.1) is 7.11 Å². The molecule has 1 aromatic carbocycles. The number of urea groups is 1. The molecule has 0 heterocycles. The number of ether oxygens (including phenoxy) is 1. The van der Waals surface area contributed by atoms with E-state index in [-0.39, 0.29) is 11.6 Å². The molecule has 5 heteroatoms. The van der Waals surface area contributed by atoms with E-state index in [0.717, 1.165) is 15.8 Å². The van der Waals surface area contributed by atoms with Gasteiger partial charge in [0, 0.05) is 22.1 Å². The Morgan fingerprint density at radius 3 is 2.61 bits per heavy atom. The number of carbonyl (C=O) groups excluding carboxylic acids is 1. The summed E-state index contributed by atoms with van der Waals surface area (Å²) in [6, 6.07) is 5.50. The normalized spacial score (nSPS) is 10.9. The fourth-order valence-electron chi connectivity index (χ4n) is 1.45. The number of amides is 2. The average molecular weight is 315 g/mol. The molecule has 0 radical (unpaired) electrons. The summed E-state index contributed by atoms with van der Waals surface area (Å²) in [5.41, 5.74) is 0.682. The number of rotatable bonds is 3. The molecule has 0 aliphatic heterocycles. The van der Waals surface area contributed by atoms with Crippen molar-refractivity contribution in [1.29, 1.82) is 0 Å². The number of hydrogen-bond acceptors (Lipinski definition) is 2. The van der Waals surface area contributed by atoms with E-state index < -0.39 is 0 Å². The largest absolute Gasteiger partial charge is 0.496 e. The highest BCUT2D eigenvalue weighted by Crippen LogP contribution is 2.22. The van der Waals surface area contributed by atoms with Gasteiger partial charge in [0.25, 0.3) is 0 Å². The second-order valence-electron chi connectivity index (χ2n) is 5.01. The van der Waals surface area contributed by atoms with Crippen LogP contribution in [-0.4, -0.2) is 18.7 Å². The lowest BCUT2D eigenvalue weighted by atomic mass is 10.1. The van der Waals surface area contributed by atoms with Gasteiger partial charge in [-0.1, -0.05) is 15.9 Å². The van der Waals surface area contributed by atoms with Crippen LogP contribution in [0, 0.1) is 0 Å². The number of carbonyl (C=O) groups is 1. The van der Waals surface area contributed by atoms with Gasteiger partial charge in [-0.2, -0.15) is 0 Å². The van der Waals surface area contributed by atoms with Crippen LogP contribution in [0.3, 0.4) is 0 Å². The van der Waals surface area contributed by atoms with Gasteiger partial charge in [0.15, 0.2) is 0 Å². The second kappa shape index (κ2) is 6.09. The highest BCUT2D eigenvalue weighted by molar-refractivity contribution is 9.10. The highest BCUT2D eigenvalue weighted by Gasteiger charge is 2.13. The van der Waals surface area contributed by atoms with Crippen LogP contribution >= 0.6 is 15.9 Å². The van der Waals surface area contributed by atoms with Crippen LogP contribution in [0.15, 0.2) is 22.7 Å². The summed E-state index contributed by atoms with van der Waals surface area (Å²) in [7, 11) is 1.61. The van der Waals surface area contributed by atoms with E-state index in [1.807, 2.05) is 39.0 Å². The summed E-state index contributed by atoms with van der Waals surface area (Å²) in [4.78, 5) is 11.6. The predicted molar refractivity (Wildman–Crippen MR) is 75.8 cm³/mol. The molecule has 0 unspecified atom stereocenters. The monoisotopic (exact) mass is 314 g/mol. The van der Waals surface area contributed by atoms with E-state index in [9.17, 15) is 4.79 Å². The van der Waals surface area contributed by atoms with Crippen LogP contribution in [0.1, 0.15) is 26.3 Å². The minimum absolute atomic E-state index is 0.190. The van der Waals surface area contributed by atoms with Gasteiger partial charge in [0.1, 0.15) is 5.75 Å². The van der Waals surface area contributed by atoms with E-state index in [1.165, 1.54) is 0 Å². The molecule has 2 amide bonds. The van der Waals surface area contributed by atoms with Gasteiger partial charge >= 0.3 is 6.03 Å². The molecule has 0 saturated carbocycles. The van der Waals surface area contributed by atoms with E-state index in [0.29, 0.717) is 6.54 Å². The topological polar surface area (TPSA) is 50.4 Å². The molecule has 0 fully saturated rings.